The van der Waals surface area contributed by atoms with E-state index in [1.54, 1.807) is 22.0 Å². The van der Waals surface area contributed by atoms with Crippen LogP contribution in [0.4, 0.5) is 5.82 Å². The SMILES string of the molecule is CNc1nc2sccn2c1S(=O)(=O)N1CCSC(C)C1C. The minimum atomic E-state index is -3.58. The lowest BCUT2D eigenvalue weighted by Gasteiger charge is -2.36. The van der Waals surface area contributed by atoms with Gasteiger partial charge in [-0.15, -0.1) is 11.3 Å². The fourth-order valence-corrected chi connectivity index (χ4v) is 6.56. The normalized spacial score (nSPS) is 24.5. The average Bonchev–Trinajstić information content (AvgIpc) is 3.00. The lowest BCUT2D eigenvalue weighted by Crippen LogP contribution is -2.48. The van der Waals surface area contributed by atoms with Gasteiger partial charge < -0.3 is 5.32 Å². The maximum absolute atomic E-state index is 13.1. The molecule has 0 aromatic carbocycles. The smallest absolute Gasteiger partial charge is 0.263 e. The zero-order valence-electron chi connectivity index (χ0n) is 12.1. The molecule has 1 saturated heterocycles. The van der Waals surface area contributed by atoms with Crippen LogP contribution in [0.25, 0.3) is 4.96 Å². The quantitative estimate of drug-likeness (QED) is 0.920. The van der Waals surface area contributed by atoms with E-state index in [-0.39, 0.29) is 16.3 Å². The second-order valence-electron chi connectivity index (χ2n) is 5.00. The molecule has 9 heteroatoms. The second kappa shape index (κ2) is 5.45. The highest BCUT2D eigenvalue weighted by atomic mass is 32.2. The van der Waals surface area contributed by atoms with Crippen molar-refractivity contribution in [1.29, 1.82) is 0 Å². The molecule has 6 nitrogen and oxygen atoms in total. The number of thiazole rings is 1. The molecule has 3 heterocycles. The maximum atomic E-state index is 13.1. The topological polar surface area (TPSA) is 66.7 Å². The molecular weight excluding hydrogens is 328 g/mol. The van der Waals surface area contributed by atoms with Gasteiger partial charge in [-0.3, -0.25) is 4.40 Å². The third-order valence-corrected chi connectivity index (χ3v) is 7.94. The van der Waals surface area contributed by atoms with Gasteiger partial charge in [0.15, 0.2) is 15.8 Å². The van der Waals surface area contributed by atoms with Gasteiger partial charge in [-0.1, -0.05) is 6.92 Å². The molecule has 0 aliphatic carbocycles. The first-order valence-corrected chi connectivity index (χ1v) is 10.1. The fraction of sp³-hybridized carbons (Fsp3) is 0.583. The van der Waals surface area contributed by atoms with Crippen LogP contribution in [0.1, 0.15) is 13.8 Å². The molecule has 1 aliphatic heterocycles. The molecule has 2 aromatic heterocycles. The van der Waals surface area contributed by atoms with Gasteiger partial charge in [-0.25, -0.2) is 13.4 Å². The zero-order chi connectivity index (χ0) is 15.2. The van der Waals surface area contributed by atoms with Crippen molar-refractivity contribution in [3.8, 4) is 0 Å². The Morgan fingerprint density at radius 2 is 2.19 bits per heavy atom. The highest BCUT2D eigenvalue weighted by Crippen LogP contribution is 2.33. The average molecular weight is 347 g/mol. The molecule has 1 N–H and O–H groups in total. The number of hydrogen-bond acceptors (Lipinski definition) is 6. The van der Waals surface area contributed by atoms with E-state index in [4.69, 9.17) is 0 Å². The molecule has 0 spiro atoms. The Labute approximate surface area is 132 Å². The molecule has 0 saturated carbocycles. The van der Waals surface area contributed by atoms with Crippen molar-refractivity contribution < 1.29 is 8.42 Å². The highest BCUT2D eigenvalue weighted by Gasteiger charge is 2.38. The molecule has 0 radical (unpaired) electrons. The van der Waals surface area contributed by atoms with E-state index in [0.717, 1.165) is 5.75 Å². The van der Waals surface area contributed by atoms with Gasteiger partial charge in [0, 0.05) is 42.2 Å². The Balaban J connectivity index is 2.13. The van der Waals surface area contributed by atoms with Gasteiger partial charge in [-0.2, -0.15) is 16.1 Å². The Bertz CT molecular complexity index is 752. The molecule has 2 unspecified atom stereocenters. The molecule has 0 amide bonds. The van der Waals surface area contributed by atoms with Crippen molar-refractivity contribution in [2.24, 2.45) is 0 Å². The number of rotatable bonds is 3. The largest absolute Gasteiger partial charge is 0.371 e. The van der Waals surface area contributed by atoms with Crippen LogP contribution in [0.2, 0.25) is 0 Å². The number of nitrogens with one attached hydrogen (secondary N) is 1. The monoisotopic (exact) mass is 346 g/mol. The predicted molar refractivity (Wildman–Crippen MR) is 87.9 cm³/mol. The summed E-state index contributed by atoms with van der Waals surface area (Å²) < 4.78 is 29.5. The summed E-state index contributed by atoms with van der Waals surface area (Å²) in [4.78, 5) is 5.04. The van der Waals surface area contributed by atoms with E-state index in [1.165, 1.54) is 11.3 Å². The van der Waals surface area contributed by atoms with Gasteiger partial charge >= 0.3 is 0 Å². The number of nitrogens with zero attached hydrogens (tertiary/aromatic N) is 3. The molecule has 1 fully saturated rings. The van der Waals surface area contributed by atoms with E-state index in [1.807, 2.05) is 24.1 Å². The Hall–Kier alpha value is -0.770. The lowest BCUT2D eigenvalue weighted by atomic mass is 10.2. The second-order valence-corrected chi connectivity index (χ2v) is 9.17. The van der Waals surface area contributed by atoms with Gasteiger partial charge in [0.2, 0.25) is 0 Å². The Kier molecular flexibility index (Phi) is 3.93. The molecule has 3 rings (SSSR count). The minimum absolute atomic E-state index is 0.0253. The number of sulfonamides is 1. The summed E-state index contributed by atoms with van der Waals surface area (Å²) in [5, 5.41) is 5.28. The third kappa shape index (κ3) is 2.36. The van der Waals surface area contributed by atoms with Crippen LogP contribution in [0.5, 0.6) is 0 Å². The summed E-state index contributed by atoms with van der Waals surface area (Å²) in [5.41, 5.74) is 0. The van der Waals surface area contributed by atoms with E-state index in [9.17, 15) is 8.42 Å². The highest BCUT2D eigenvalue weighted by molar-refractivity contribution is 8.00. The number of anilines is 1. The van der Waals surface area contributed by atoms with Crippen molar-refractivity contribution in [2.75, 3.05) is 24.7 Å². The number of thioether (sulfide) groups is 1. The van der Waals surface area contributed by atoms with Crippen LogP contribution >= 0.6 is 23.1 Å². The summed E-state index contributed by atoms with van der Waals surface area (Å²) in [6, 6.07) is -0.0253. The molecule has 116 valence electrons. The first kappa shape index (κ1) is 15.1. The number of imidazole rings is 1. The third-order valence-electron chi connectivity index (χ3n) is 3.83. The van der Waals surface area contributed by atoms with Crippen molar-refractivity contribution >= 4 is 43.9 Å². The predicted octanol–water partition coefficient (Wildman–Crippen LogP) is 1.95. The number of aromatic nitrogens is 2. The van der Waals surface area contributed by atoms with Crippen LogP contribution < -0.4 is 5.32 Å². The van der Waals surface area contributed by atoms with Gasteiger partial charge in [0.05, 0.1) is 0 Å². The van der Waals surface area contributed by atoms with Gasteiger partial charge in [0.1, 0.15) is 0 Å². The maximum Gasteiger partial charge on any atom is 0.263 e. The molecule has 2 atom stereocenters. The van der Waals surface area contributed by atoms with Crippen LogP contribution in [0, 0.1) is 0 Å². The Morgan fingerprint density at radius 1 is 1.43 bits per heavy atom. The first-order chi connectivity index (χ1) is 9.96. The van der Waals surface area contributed by atoms with Crippen molar-refractivity contribution in [2.45, 2.75) is 30.2 Å². The fourth-order valence-electron chi connectivity index (χ4n) is 2.53. The number of fused-ring (bicyclic) bond motifs is 1. The van der Waals surface area contributed by atoms with E-state index < -0.39 is 10.0 Å². The molecule has 1 aliphatic rings. The van der Waals surface area contributed by atoms with E-state index >= 15 is 0 Å². The first-order valence-electron chi connectivity index (χ1n) is 6.73. The van der Waals surface area contributed by atoms with Gasteiger partial charge in [-0.05, 0) is 6.92 Å². The lowest BCUT2D eigenvalue weighted by molar-refractivity contribution is 0.339. The van der Waals surface area contributed by atoms with Crippen LogP contribution in [0.15, 0.2) is 16.6 Å². The Morgan fingerprint density at radius 3 is 2.90 bits per heavy atom. The minimum Gasteiger partial charge on any atom is -0.371 e. The summed E-state index contributed by atoms with van der Waals surface area (Å²) >= 11 is 3.24. The standard InChI is InChI=1S/C12H18N4O2S3/c1-8-9(2)19-7-5-16(8)21(17,18)11-10(13-3)14-12-15(11)4-6-20-12/h4,6,8-9,13H,5,7H2,1-3H3. The summed E-state index contributed by atoms with van der Waals surface area (Å²) in [5.74, 6) is 1.24. The number of hydrogen-bond donors (Lipinski definition) is 1. The van der Waals surface area contributed by atoms with Crippen molar-refractivity contribution in [3.63, 3.8) is 0 Å². The van der Waals surface area contributed by atoms with Crippen molar-refractivity contribution in [1.82, 2.24) is 13.7 Å². The summed E-state index contributed by atoms with van der Waals surface area (Å²) in [6.07, 6.45) is 1.76. The molecule has 0 bridgehead atoms. The van der Waals surface area contributed by atoms with Crippen molar-refractivity contribution in [3.05, 3.63) is 11.6 Å². The van der Waals surface area contributed by atoms with Gasteiger partial charge in [0.25, 0.3) is 10.0 Å². The van der Waals surface area contributed by atoms with Crippen LogP contribution in [0.3, 0.4) is 0 Å². The van der Waals surface area contributed by atoms with Crippen LogP contribution in [-0.2, 0) is 10.0 Å². The molecule has 2 aromatic rings. The molecule has 21 heavy (non-hydrogen) atoms. The summed E-state index contributed by atoms with van der Waals surface area (Å²) in [7, 11) is -1.88. The van der Waals surface area contributed by atoms with Crippen LogP contribution in [-0.4, -0.2) is 52.7 Å². The zero-order valence-corrected chi connectivity index (χ0v) is 14.6. The van der Waals surface area contributed by atoms with E-state index in [0.29, 0.717) is 17.3 Å². The summed E-state index contributed by atoms with van der Waals surface area (Å²) in [6.45, 7) is 4.59. The van der Waals surface area contributed by atoms with E-state index in [2.05, 4.69) is 17.2 Å². The molecular formula is C12H18N4O2S3.